The van der Waals surface area contributed by atoms with Gasteiger partial charge in [-0.25, -0.2) is 9.37 Å². The lowest BCUT2D eigenvalue weighted by Crippen LogP contribution is -2.46. The maximum absolute atomic E-state index is 13.5. The highest BCUT2D eigenvalue weighted by molar-refractivity contribution is 6.33. The van der Waals surface area contributed by atoms with Crippen molar-refractivity contribution >= 4 is 23.3 Å². The number of benzene rings is 1. The first-order valence-electron chi connectivity index (χ1n) is 13.6. The zero-order valence-corrected chi connectivity index (χ0v) is 22.6. The second-order valence-electron chi connectivity index (χ2n) is 10.6. The molecule has 5 rings (SSSR count). The second-order valence-corrected chi connectivity index (χ2v) is 11.0. The summed E-state index contributed by atoms with van der Waals surface area (Å²) in [5, 5.41) is 7.12. The number of amides is 1. The van der Waals surface area contributed by atoms with Crippen molar-refractivity contribution in [1.82, 2.24) is 20.2 Å². The van der Waals surface area contributed by atoms with E-state index < -0.39 is 0 Å². The third kappa shape index (κ3) is 6.69. The first-order chi connectivity index (χ1) is 18.4. The van der Waals surface area contributed by atoms with Crippen LogP contribution in [-0.2, 0) is 17.8 Å². The molecule has 0 bridgehead atoms. The molecule has 1 aromatic carbocycles. The maximum Gasteiger partial charge on any atom is 0.237 e. The van der Waals surface area contributed by atoms with Crippen molar-refractivity contribution in [2.75, 3.05) is 18.9 Å². The Bertz CT molecular complexity index is 1260. The van der Waals surface area contributed by atoms with Crippen LogP contribution in [0, 0.1) is 11.7 Å². The quantitative estimate of drug-likeness (QED) is 0.378. The summed E-state index contributed by atoms with van der Waals surface area (Å²) in [7, 11) is 2.04. The molecule has 0 spiro atoms. The molecular weight excluding hydrogens is 501 g/mol. The predicted molar refractivity (Wildman–Crippen MR) is 149 cm³/mol. The number of halogens is 2. The number of likely N-dealkylation sites (N-methyl/N-ethyl adjacent to an activating group) is 1. The van der Waals surface area contributed by atoms with Crippen LogP contribution in [0.4, 0.5) is 10.2 Å². The summed E-state index contributed by atoms with van der Waals surface area (Å²) in [5.74, 6) is 1.17. The van der Waals surface area contributed by atoms with E-state index in [0.717, 1.165) is 74.0 Å². The number of aromatic nitrogens is 2. The molecule has 0 radical (unpaired) electrons. The van der Waals surface area contributed by atoms with Crippen molar-refractivity contribution in [3.63, 3.8) is 0 Å². The van der Waals surface area contributed by atoms with E-state index in [9.17, 15) is 9.18 Å². The van der Waals surface area contributed by atoms with E-state index in [0.29, 0.717) is 23.3 Å². The summed E-state index contributed by atoms with van der Waals surface area (Å²) < 4.78 is 13.5. The molecule has 2 N–H and O–H groups in total. The van der Waals surface area contributed by atoms with Gasteiger partial charge >= 0.3 is 0 Å². The summed E-state index contributed by atoms with van der Waals surface area (Å²) in [6.45, 7) is 1.48. The van der Waals surface area contributed by atoms with Gasteiger partial charge in [0.25, 0.3) is 0 Å². The second kappa shape index (κ2) is 12.2. The molecule has 1 atom stereocenters. The van der Waals surface area contributed by atoms with E-state index >= 15 is 0 Å². The van der Waals surface area contributed by atoms with Crippen LogP contribution in [-0.4, -0.2) is 46.5 Å². The fourth-order valence-corrected chi connectivity index (χ4v) is 5.86. The monoisotopic (exact) mass is 535 g/mol. The van der Waals surface area contributed by atoms with Gasteiger partial charge in [0.05, 0.1) is 16.8 Å². The number of rotatable bonds is 8. The molecule has 0 unspecified atom stereocenters. The number of anilines is 1. The molecule has 3 heterocycles. The molecule has 2 aromatic heterocycles. The number of carbonyl (C=O) groups excluding carboxylic acids is 1. The number of carbonyl (C=O) groups is 1. The molecule has 1 saturated heterocycles. The van der Waals surface area contributed by atoms with Crippen molar-refractivity contribution < 1.29 is 9.18 Å². The van der Waals surface area contributed by atoms with Gasteiger partial charge in [-0.15, -0.1) is 0 Å². The fraction of sp³-hybridized carbons (Fsp3) is 0.433. The van der Waals surface area contributed by atoms with E-state index in [1.54, 1.807) is 12.3 Å². The Kier molecular flexibility index (Phi) is 8.55. The lowest BCUT2D eigenvalue weighted by atomic mass is 9.83. The molecule has 8 heteroatoms. The number of likely N-dealkylation sites (tertiary alicyclic amines) is 1. The molecule has 200 valence electrons. The van der Waals surface area contributed by atoms with Gasteiger partial charge in [-0.05, 0) is 100 Å². The molecule has 2 fully saturated rings. The largest absolute Gasteiger partial charge is 0.366 e. The Morgan fingerprint density at radius 3 is 2.68 bits per heavy atom. The minimum Gasteiger partial charge on any atom is -0.366 e. The van der Waals surface area contributed by atoms with Gasteiger partial charge < -0.3 is 10.6 Å². The van der Waals surface area contributed by atoms with E-state index in [2.05, 4.69) is 20.5 Å². The Balaban J connectivity index is 1.17. The van der Waals surface area contributed by atoms with Gasteiger partial charge in [-0.3, -0.25) is 14.7 Å². The standard InChI is InChI=1S/C30H35ClFN5O/c1-37-14-4-8-28(37)30(38)35-23-12-10-20(11-13-23)16-24-17-25(26(31)19-33-24)27-7-3-9-29(36-27)34-18-21-5-2-6-22(32)15-21/h2-3,5-7,9,15,17,19-20,23,28H,4,8,10-14,16,18H2,1H3,(H,34,36)(H,35,38)/t20?,23?,28-/m0/s1. The number of hydrogen-bond donors (Lipinski definition) is 2. The SMILES string of the molecule is CN1CCC[C@H]1C(=O)NC1CCC(Cc2cc(-c3cccc(NCc4cccc(F)c4)n3)c(Cl)cn2)CC1. The van der Waals surface area contributed by atoms with Gasteiger partial charge in [0.2, 0.25) is 5.91 Å². The Morgan fingerprint density at radius 2 is 1.92 bits per heavy atom. The van der Waals surface area contributed by atoms with Crippen LogP contribution >= 0.6 is 11.6 Å². The maximum atomic E-state index is 13.5. The summed E-state index contributed by atoms with van der Waals surface area (Å²) in [6, 6.07) is 14.6. The van der Waals surface area contributed by atoms with Crippen LogP contribution in [0.25, 0.3) is 11.3 Å². The van der Waals surface area contributed by atoms with Gasteiger partial charge in [-0.2, -0.15) is 0 Å². The van der Waals surface area contributed by atoms with Crippen LogP contribution in [0.15, 0.2) is 54.7 Å². The average molecular weight is 536 g/mol. The molecule has 1 aliphatic heterocycles. The van der Waals surface area contributed by atoms with Crippen molar-refractivity contribution in [1.29, 1.82) is 0 Å². The molecule has 6 nitrogen and oxygen atoms in total. The molecule has 1 aliphatic carbocycles. The lowest BCUT2D eigenvalue weighted by molar-refractivity contribution is -0.126. The highest BCUT2D eigenvalue weighted by atomic mass is 35.5. The van der Waals surface area contributed by atoms with Gasteiger partial charge in [0.1, 0.15) is 11.6 Å². The molecule has 3 aromatic rings. The first-order valence-corrected chi connectivity index (χ1v) is 13.9. The van der Waals surface area contributed by atoms with Crippen molar-refractivity contribution in [3.05, 3.63) is 76.8 Å². The topological polar surface area (TPSA) is 70.2 Å². The van der Waals surface area contributed by atoms with Crippen LogP contribution in [0.3, 0.4) is 0 Å². The van der Waals surface area contributed by atoms with Crippen LogP contribution < -0.4 is 10.6 Å². The summed E-state index contributed by atoms with van der Waals surface area (Å²) >= 11 is 6.54. The smallest absolute Gasteiger partial charge is 0.237 e. The highest BCUT2D eigenvalue weighted by Crippen LogP contribution is 2.31. The summed E-state index contributed by atoms with van der Waals surface area (Å²) in [5.41, 5.74) is 3.48. The summed E-state index contributed by atoms with van der Waals surface area (Å²) in [4.78, 5) is 24.2. The highest BCUT2D eigenvalue weighted by Gasteiger charge is 2.30. The number of pyridine rings is 2. The first kappa shape index (κ1) is 26.6. The van der Waals surface area contributed by atoms with E-state index in [4.69, 9.17) is 16.6 Å². The molecule has 1 amide bonds. The number of hydrogen-bond acceptors (Lipinski definition) is 5. The van der Waals surface area contributed by atoms with Gasteiger partial charge in [0.15, 0.2) is 0 Å². The average Bonchev–Trinajstić information content (AvgIpc) is 3.36. The Hall–Kier alpha value is -3.03. The van der Waals surface area contributed by atoms with Crippen LogP contribution in [0.5, 0.6) is 0 Å². The van der Waals surface area contributed by atoms with E-state index in [1.807, 2.05) is 37.4 Å². The van der Waals surface area contributed by atoms with Crippen molar-refractivity contribution in [3.8, 4) is 11.3 Å². The van der Waals surface area contributed by atoms with Crippen molar-refractivity contribution in [2.24, 2.45) is 5.92 Å². The van der Waals surface area contributed by atoms with Crippen molar-refractivity contribution in [2.45, 2.75) is 63.6 Å². The van der Waals surface area contributed by atoms with E-state index in [-0.39, 0.29) is 23.8 Å². The molecule has 2 aliphatic rings. The minimum atomic E-state index is -0.253. The number of nitrogens with one attached hydrogen (secondary N) is 2. The zero-order chi connectivity index (χ0) is 26.5. The summed E-state index contributed by atoms with van der Waals surface area (Å²) in [6.07, 6.45) is 8.82. The van der Waals surface area contributed by atoms with E-state index in [1.165, 1.54) is 12.1 Å². The van der Waals surface area contributed by atoms with Gasteiger partial charge in [0, 0.05) is 30.0 Å². The molecule has 1 saturated carbocycles. The fourth-order valence-electron chi connectivity index (χ4n) is 5.66. The molecular formula is C30H35ClFN5O. The lowest BCUT2D eigenvalue weighted by Gasteiger charge is -2.30. The molecule has 38 heavy (non-hydrogen) atoms. The Morgan fingerprint density at radius 1 is 1.11 bits per heavy atom. The normalized spacial score (nSPS) is 21.8. The number of nitrogens with zero attached hydrogens (tertiary/aromatic N) is 3. The van der Waals surface area contributed by atoms with Crippen LogP contribution in [0.1, 0.15) is 49.8 Å². The third-order valence-electron chi connectivity index (χ3n) is 7.81. The zero-order valence-electron chi connectivity index (χ0n) is 21.8. The minimum absolute atomic E-state index is 0.0352. The predicted octanol–water partition coefficient (Wildman–Crippen LogP) is 5.86. The van der Waals surface area contributed by atoms with Crippen LogP contribution in [0.2, 0.25) is 5.02 Å². The third-order valence-corrected chi connectivity index (χ3v) is 8.11. The van der Waals surface area contributed by atoms with Gasteiger partial charge in [-0.1, -0.05) is 29.8 Å². The Labute approximate surface area is 229 Å².